The summed E-state index contributed by atoms with van der Waals surface area (Å²) in [5.41, 5.74) is 0. The first kappa shape index (κ1) is 51.5. The molecule has 0 aromatic heterocycles. The zero-order valence-electron chi connectivity index (χ0n) is 19.7. The number of rotatable bonds is 4. The van der Waals surface area contributed by atoms with Crippen LogP contribution in [0, 0.1) is 0 Å². The summed E-state index contributed by atoms with van der Waals surface area (Å²) in [6.45, 7) is 8.06. The van der Waals surface area contributed by atoms with E-state index in [1.54, 1.807) is 0 Å². The van der Waals surface area contributed by atoms with Crippen LogP contribution < -0.4 is 0 Å². The summed E-state index contributed by atoms with van der Waals surface area (Å²) in [5, 5.41) is 0. The van der Waals surface area contributed by atoms with Crippen molar-refractivity contribution in [1.82, 2.24) is 9.80 Å². The molecular formula is C9H16B6F24N2-6. The van der Waals surface area contributed by atoms with Crippen LogP contribution in [-0.2, 0) is 0 Å². The second kappa shape index (κ2) is 23.4. The topological polar surface area (TPSA) is 6.48 Å². The molecule has 0 fully saturated rings. The summed E-state index contributed by atoms with van der Waals surface area (Å²) >= 11 is 0. The largest absolute Gasteiger partial charge is 0.673 e. The molecule has 0 radical (unpaired) electrons. The van der Waals surface area contributed by atoms with Crippen molar-refractivity contribution in [3.05, 3.63) is 25.2 Å². The molecule has 0 aliphatic carbocycles. The van der Waals surface area contributed by atoms with Gasteiger partial charge in [0.05, 0.1) is 6.67 Å². The first-order valence-corrected chi connectivity index (χ1v) is 9.41. The van der Waals surface area contributed by atoms with E-state index in [4.69, 9.17) is 0 Å². The van der Waals surface area contributed by atoms with Crippen LogP contribution in [0.2, 0.25) is 0 Å². The van der Waals surface area contributed by atoms with Gasteiger partial charge in [-0.3, -0.25) is 0 Å². The van der Waals surface area contributed by atoms with Crippen molar-refractivity contribution in [3.8, 4) is 0 Å². The molecule has 1 aliphatic rings. The molecule has 0 saturated heterocycles. The van der Waals surface area contributed by atoms with E-state index >= 15 is 0 Å². The lowest BCUT2D eigenvalue weighted by atomic mass is 10.3. The van der Waals surface area contributed by atoms with Crippen molar-refractivity contribution in [2.24, 2.45) is 0 Å². The molecule has 254 valence electrons. The molecule has 2 nitrogen and oxygen atoms in total. The lowest BCUT2D eigenvalue weighted by molar-refractivity contribution is 0.310. The predicted octanol–water partition coefficient (Wildman–Crippen LogP) is 9.78. The lowest BCUT2D eigenvalue weighted by Crippen LogP contribution is -2.22. The van der Waals surface area contributed by atoms with Gasteiger partial charge in [0.1, 0.15) is 0 Å². The summed E-state index contributed by atoms with van der Waals surface area (Å²) in [4.78, 5) is 4.38. The molecule has 32 heteroatoms. The van der Waals surface area contributed by atoms with Crippen LogP contribution >= 0.6 is 0 Å². The van der Waals surface area contributed by atoms with E-state index in [9.17, 15) is 104 Å². The van der Waals surface area contributed by atoms with E-state index in [1.807, 2.05) is 6.20 Å². The maximum Gasteiger partial charge on any atom is 0.673 e. The Morgan fingerprint density at radius 1 is 0.512 bits per heavy atom. The third-order valence-corrected chi connectivity index (χ3v) is 1.85. The Labute approximate surface area is 216 Å². The Kier molecular flexibility index (Phi) is 29.4. The second-order valence-corrected chi connectivity index (χ2v) is 5.77. The zero-order chi connectivity index (χ0) is 35.1. The van der Waals surface area contributed by atoms with E-state index in [1.165, 1.54) is 12.8 Å². The fourth-order valence-corrected chi connectivity index (χ4v) is 1.11. The van der Waals surface area contributed by atoms with Gasteiger partial charge in [0, 0.05) is 18.9 Å². The minimum Gasteiger partial charge on any atom is -0.418 e. The van der Waals surface area contributed by atoms with E-state index in [0.29, 0.717) is 0 Å². The molecule has 41 heavy (non-hydrogen) atoms. The first-order valence-electron chi connectivity index (χ1n) is 9.41. The molecule has 0 spiro atoms. The highest BCUT2D eigenvalue weighted by molar-refractivity contribution is 6.51. The number of hydrogen-bond donors (Lipinski definition) is 0. The van der Waals surface area contributed by atoms with Gasteiger partial charge >= 0.3 is 43.5 Å². The van der Waals surface area contributed by atoms with Gasteiger partial charge in [0.2, 0.25) is 0 Å². The molecule has 1 rings (SSSR count). The highest BCUT2D eigenvalue weighted by atomic mass is 19.5. The number of halogens is 24. The average molecular weight is 673 g/mol. The first-order chi connectivity index (χ1) is 17.4. The molecular weight excluding hydrogens is 657 g/mol. The fourth-order valence-electron chi connectivity index (χ4n) is 1.11. The normalized spacial score (nSPS) is 13.1. The van der Waals surface area contributed by atoms with Crippen molar-refractivity contribution < 1.29 is 104 Å². The summed E-state index contributed by atoms with van der Waals surface area (Å²) in [7, 11) is -36.0. The zero-order valence-corrected chi connectivity index (χ0v) is 19.7. The van der Waals surface area contributed by atoms with Crippen LogP contribution in [0.5, 0.6) is 0 Å². The van der Waals surface area contributed by atoms with Crippen LogP contribution in [0.3, 0.4) is 0 Å². The SMILES string of the molecule is C=CN1C=CN(CCCC)C1.F[B-](F)(F)F.F[B-](F)(F)F.F[B-](F)(F)F.F[B-](F)(F)F.F[B-](F)(F)F.F[B-](F)(F)F. The molecule has 0 aromatic carbocycles. The average Bonchev–Trinajstić information content (AvgIpc) is 2.99. The van der Waals surface area contributed by atoms with Crippen LogP contribution in [0.15, 0.2) is 25.2 Å². The van der Waals surface area contributed by atoms with Gasteiger partial charge in [-0.2, -0.15) is 0 Å². The van der Waals surface area contributed by atoms with Crippen molar-refractivity contribution in [2.75, 3.05) is 13.2 Å². The Morgan fingerprint density at radius 3 is 0.878 bits per heavy atom. The molecule has 1 heterocycles. The van der Waals surface area contributed by atoms with Crippen LogP contribution in [0.1, 0.15) is 19.8 Å². The summed E-state index contributed by atoms with van der Waals surface area (Å²) in [6.07, 6.45) is 8.57. The van der Waals surface area contributed by atoms with Crippen molar-refractivity contribution in [1.29, 1.82) is 0 Å². The lowest BCUT2D eigenvalue weighted by Gasteiger charge is -2.17. The van der Waals surface area contributed by atoms with Gasteiger partial charge in [0.15, 0.2) is 0 Å². The Bertz CT molecular complexity index is 493. The van der Waals surface area contributed by atoms with Crippen LogP contribution in [0.25, 0.3) is 0 Å². The van der Waals surface area contributed by atoms with Gasteiger partial charge in [-0.25, -0.2) is 0 Å². The van der Waals surface area contributed by atoms with Gasteiger partial charge in [-0.1, -0.05) is 19.9 Å². The van der Waals surface area contributed by atoms with Crippen LogP contribution in [0.4, 0.5) is 104 Å². The van der Waals surface area contributed by atoms with E-state index < -0.39 is 43.5 Å². The summed E-state index contributed by atoms with van der Waals surface area (Å²) in [5.74, 6) is 0. The Morgan fingerprint density at radius 2 is 0.732 bits per heavy atom. The van der Waals surface area contributed by atoms with Crippen LogP contribution in [-0.4, -0.2) is 66.5 Å². The van der Waals surface area contributed by atoms with Crippen molar-refractivity contribution in [2.45, 2.75) is 19.8 Å². The quantitative estimate of drug-likeness (QED) is 0.217. The molecule has 0 unspecified atom stereocenters. The molecule has 1 aliphatic heterocycles. The Balaban J connectivity index is -0.0000000904. The number of nitrogens with zero attached hydrogens (tertiary/aromatic N) is 2. The minimum absolute atomic E-state index is 0.976. The predicted molar refractivity (Wildman–Crippen MR) is 109 cm³/mol. The second-order valence-electron chi connectivity index (χ2n) is 5.77. The standard InChI is InChI=1S/C9H16N2.6BF4/c1-3-5-6-11-8-7-10(4-2)9-11;6*2-1(3,4)5/h4,7-8H,2-3,5-6,9H2,1H3;;;;;;/q;6*-1. The van der Waals surface area contributed by atoms with E-state index in [2.05, 4.69) is 35.7 Å². The minimum atomic E-state index is -6.00. The van der Waals surface area contributed by atoms with Crippen molar-refractivity contribution in [3.63, 3.8) is 0 Å². The molecule has 0 N–H and O–H groups in total. The molecule has 0 atom stereocenters. The van der Waals surface area contributed by atoms with Gasteiger partial charge < -0.3 is 113 Å². The summed E-state index contributed by atoms with van der Waals surface area (Å²) < 4.78 is 234. The van der Waals surface area contributed by atoms with Gasteiger partial charge in [-0.15, -0.1) is 0 Å². The molecule has 0 aromatic rings. The third-order valence-electron chi connectivity index (χ3n) is 1.85. The highest BCUT2D eigenvalue weighted by Crippen LogP contribution is 2.09. The monoisotopic (exact) mass is 674 g/mol. The number of hydrogen-bond acceptors (Lipinski definition) is 2. The Hall–Kier alpha value is -2.21. The van der Waals surface area contributed by atoms with Crippen molar-refractivity contribution >= 4 is 43.5 Å². The molecule has 0 amide bonds. The molecule has 0 bridgehead atoms. The number of unbranched alkanes of at least 4 members (excludes halogenated alkanes) is 1. The van der Waals surface area contributed by atoms with E-state index in [-0.39, 0.29) is 0 Å². The third kappa shape index (κ3) is 296. The highest BCUT2D eigenvalue weighted by Gasteiger charge is 2.22. The maximum atomic E-state index is 9.75. The van der Waals surface area contributed by atoms with Gasteiger partial charge in [0.25, 0.3) is 0 Å². The maximum absolute atomic E-state index is 9.75. The fraction of sp³-hybridized carbons (Fsp3) is 0.556. The van der Waals surface area contributed by atoms with Gasteiger partial charge in [-0.05, 0) is 12.6 Å². The van der Waals surface area contributed by atoms with E-state index in [0.717, 1.165) is 13.2 Å². The summed E-state index contributed by atoms with van der Waals surface area (Å²) in [6, 6.07) is 0. The molecule has 0 saturated carbocycles. The smallest absolute Gasteiger partial charge is 0.418 e.